The van der Waals surface area contributed by atoms with E-state index in [-0.39, 0.29) is 33.4 Å². The summed E-state index contributed by atoms with van der Waals surface area (Å²) in [5.74, 6) is -0.682. The molecule has 3 aromatic rings. The summed E-state index contributed by atoms with van der Waals surface area (Å²) in [7, 11) is -1.52. The maximum absolute atomic E-state index is 12.9. The molecule has 11 heteroatoms. The first-order valence-electron chi connectivity index (χ1n) is 9.04. The SMILES string of the molecule is COc1cc(Cl)cc(C(=O)Nc2ccc(Cl)cn2)c1NC(=O)c1ccc(S(C)(=N)=O)cc1. The largest absolute Gasteiger partial charge is 0.494 e. The first-order valence-corrected chi connectivity index (χ1v) is 11.8. The highest BCUT2D eigenvalue weighted by Crippen LogP contribution is 2.33. The minimum Gasteiger partial charge on any atom is -0.494 e. The van der Waals surface area contributed by atoms with Gasteiger partial charge in [0.15, 0.2) is 0 Å². The Morgan fingerprint density at radius 3 is 2.25 bits per heavy atom. The van der Waals surface area contributed by atoms with Gasteiger partial charge in [-0.2, -0.15) is 0 Å². The fourth-order valence-electron chi connectivity index (χ4n) is 2.74. The molecule has 0 spiro atoms. The topological polar surface area (TPSA) is 121 Å². The van der Waals surface area contributed by atoms with Gasteiger partial charge in [0.1, 0.15) is 11.6 Å². The van der Waals surface area contributed by atoms with Crippen LogP contribution in [0.25, 0.3) is 0 Å². The summed E-state index contributed by atoms with van der Waals surface area (Å²) in [6.07, 6.45) is 2.68. The lowest BCUT2D eigenvalue weighted by Crippen LogP contribution is -2.19. The van der Waals surface area contributed by atoms with Crippen LogP contribution in [0.3, 0.4) is 0 Å². The average molecular weight is 493 g/mol. The molecule has 0 saturated heterocycles. The van der Waals surface area contributed by atoms with Gasteiger partial charge in [-0.3, -0.25) is 9.59 Å². The van der Waals surface area contributed by atoms with Crippen molar-refractivity contribution in [3.63, 3.8) is 0 Å². The number of hydrogen-bond acceptors (Lipinski definition) is 6. The zero-order chi connectivity index (χ0) is 23.5. The van der Waals surface area contributed by atoms with Crippen LogP contribution in [0.2, 0.25) is 10.0 Å². The lowest BCUT2D eigenvalue weighted by molar-refractivity contribution is 0.102. The number of ether oxygens (including phenoxy) is 1. The molecule has 32 heavy (non-hydrogen) atoms. The molecule has 0 aliphatic rings. The number of anilines is 2. The van der Waals surface area contributed by atoms with Crippen LogP contribution in [0, 0.1) is 4.78 Å². The number of carbonyl (C=O) groups excluding carboxylic acids is 2. The van der Waals surface area contributed by atoms with E-state index in [1.807, 2.05) is 0 Å². The van der Waals surface area contributed by atoms with Crippen molar-refractivity contribution in [2.24, 2.45) is 0 Å². The summed E-state index contributed by atoms with van der Waals surface area (Å²) in [5.41, 5.74) is 0.399. The maximum atomic E-state index is 12.9. The molecule has 1 unspecified atom stereocenters. The Kier molecular flexibility index (Phi) is 7.02. The van der Waals surface area contributed by atoms with Gasteiger partial charge in [0.05, 0.1) is 33.1 Å². The minimum atomic E-state index is -2.90. The number of carbonyl (C=O) groups is 2. The third kappa shape index (κ3) is 5.56. The summed E-state index contributed by atoms with van der Waals surface area (Å²) < 4.78 is 24.8. The molecule has 3 N–H and O–H groups in total. The van der Waals surface area contributed by atoms with E-state index >= 15 is 0 Å². The Morgan fingerprint density at radius 2 is 1.69 bits per heavy atom. The molecule has 2 aromatic carbocycles. The molecule has 0 saturated carbocycles. The zero-order valence-corrected chi connectivity index (χ0v) is 19.3. The Morgan fingerprint density at radius 1 is 1.00 bits per heavy atom. The van der Waals surface area contributed by atoms with Gasteiger partial charge in [-0.15, -0.1) is 0 Å². The Bertz CT molecular complexity index is 1280. The van der Waals surface area contributed by atoms with Crippen molar-refractivity contribution in [2.75, 3.05) is 24.0 Å². The normalized spacial score (nSPS) is 12.5. The van der Waals surface area contributed by atoms with Gasteiger partial charge in [0.2, 0.25) is 0 Å². The molecule has 1 atom stereocenters. The Labute approximate surface area is 194 Å². The van der Waals surface area contributed by atoms with Crippen molar-refractivity contribution >= 4 is 56.3 Å². The van der Waals surface area contributed by atoms with Crippen molar-refractivity contribution in [3.8, 4) is 5.75 Å². The summed E-state index contributed by atoms with van der Waals surface area (Å²) in [5, 5.41) is 5.92. The Balaban J connectivity index is 1.93. The highest BCUT2D eigenvalue weighted by Gasteiger charge is 2.21. The molecular formula is C21H18Cl2N4O4S. The number of nitrogens with zero attached hydrogens (tertiary/aromatic N) is 1. The van der Waals surface area contributed by atoms with Crippen molar-refractivity contribution < 1.29 is 18.5 Å². The quantitative estimate of drug-likeness (QED) is 0.449. The second-order valence-electron chi connectivity index (χ2n) is 6.67. The zero-order valence-electron chi connectivity index (χ0n) is 16.9. The van der Waals surface area contributed by atoms with Crippen LogP contribution in [0.1, 0.15) is 20.7 Å². The fraction of sp³-hybridized carbons (Fsp3) is 0.0952. The van der Waals surface area contributed by atoms with E-state index in [4.69, 9.17) is 32.7 Å². The number of halogens is 2. The van der Waals surface area contributed by atoms with Gasteiger partial charge in [-0.25, -0.2) is 14.0 Å². The van der Waals surface area contributed by atoms with E-state index in [9.17, 15) is 13.8 Å². The summed E-state index contributed by atoms with van der Waals surface area (Å²) >= 11 is 11.9. The van der Waals surface area contributed by atoms with Crippen molar-refractivity contribution in [2.45, 2.75) is 4.90 Å². The number of benzene rings is 2. The number of nitrogens with one attached hydrogen (secondary N) is 3. The predicted octanol–water partition coefficient (Wildman–Crippen LogP) is 4.94. The van der Waals surface area contributed by atoms with Gasteiger partial charge >= 0.3 is 0 Å². The van der Waals surface area contributed by atoms with E-state index in [2.05, 4.69) is 15.6 Å². The monoisotopic (exact) mass is 492 g/mol. The van der Waals surface area contributed by atoms with Gasteiger partial charge in [-0.1, -0.05) is 23.2 Å². The third-order valence-corrected chi connectivity index (χ3v) is 5.92. The second kappa shape index (κ2) is 9.56. The van der Waals surface area contributed by atoms with Crippen LogP contribution in [-0.2, 0) is 9.73 Å². The van der Waals surface area contributed by atoms with Crippen LogP contribution in [0.15, 0.2) is 59.6 Å². The summed E-state index contributed by atoms with van der Waals surface area (Å²) in [4.78, 5) is 30.1. The van der Waals surface area contributed by atoms with E-state index in [1.165, 1.54) is 62.0 Å². The number of amides is 2. The predicted molar refractivity (Wildman–Crippen MR) is 125 cm³/mol. The molecular weight excluding hydrogens is 475 g/mol. The first kappa shape index (κ1) is 23.5. The molecule has 0 bridgehead atoms. The van der Waals surface area contributed by atoms with Crippen LogP contribution < -0.4 is 15.4 Å². The van der Waals surface area contributed by atoms with Gasteiger partial charge < -0.3 is 15.4 Å². The fourth-order valence-corrected chi connectivity index (χ4v) is 3.71. The van der Waals surface area contributed by atoms with Crippen LogP contribution in [0.4, 0.5) is 11.5 Å². The molecule has 0 radical (unpaired) electrons. The van der Waals surface area contributed by atoms with E-state index < -0.39 is 21.5 Å². The first-order chi connectivity index (χ1) is 15.1. The van der Waals surface area contributed by atoms with Crippen LogP contribution in [0.5, 0.6) is 5.75 Å². The smallest absolute Gasteiger partial charge is 0.259 e. The van der Waals surface area contributed by atoms with Crippen LogP contribution >= 0.6 is 23.2 Å². The summed E-state index contributed by atoms with van der Waals surface area (Å²) in [6.45, 7) is 0. The lowest BCUT2D eigenvalue weighted by Gasteiger charge is -2.16. The molecule has 0 aliphatic heterocycles. The number of pyridine rings is 1. The van der Waals surface area contributed by atoms with E-state index in [1.54, 1.807) is 6.07 Å². The molecule has 8 nitrogen and oxygen atoms in total. The highest BCUT2D eigenvalue weighted by molar-refractivity contribution is 7.91. The average Bonchev–Trinajstić information content (AvgIpc) is 2.75. The van der Waals surface area contributed by atoms with Crippen molar-refractivity contribution in [1.82, 2.24) is 4.98 Å². The maximum Gasteiger partial charge on any atom is 0.259 e. The minimum absolute atomic E-state index is 0.0545. The molecule has 1 aromatic heterocycles. The highest BCUT2D eigenvalue weighted by atomic mass is 35.5. The van der Waals surface area contributed by atoms with Crippen LogP contribution in [-0.4, -0.2) is 34.4 Å². The number of methoxy groups -OCH3 is 1. The van der Waals surface area contributed by atoms with E-state index in [0.717, 1.165) is 0 Å². The number of hydrogen-bond donors (Lipinski definition) is 3. The molecule has 0 fully saturated rings. The summed E-state index contributed by atoms with van der Waals surface area (Å²) in [6, 6.07) is 11.7. The molecule has 0 aliphatic carbocycles. The van der Waals surface area contributed by atoms with Crippen molar-refractivity contribution in [3.05, 3.63) is 75.9 Å². The number of aromatic nitrogens is 1. The molecule has 2 amide bonds. The third-order valence-electron chi connectivity index (χ3n) is 4.31. The van der Waals surface area contributed by atoms with Crippen molar-refractivity contribution in [1.29, 1.82) is 4.78 Å². The number of rotatable bonds is 6. The molecule has 166 valence electrons. The Hall–Kier alpha value is -3.14. The van der Waals surface area contributed by atoms with Gasteiger partial charge in [-0.05, 0) is 42.5 Å². The molecule has 3 rings (SSSR count). The van der Waals surface area contributed by atoms with E-state index in [0.29, 0.717) is 9.92 Å². The van der Waals surface area contributed by atoms with Gasteiger partial charge in [0, 0.05) is 34.0 Å². The van der Waals surface area contributed by atoms with Gasteiger partial charge in [0.25, 0.3) is 11.8 Å². The molecule has 1 heterocycles. The second-order valence-corrected chi connectivity index (χ2v) is 9.70. The lowest BCUT2D eigenvalue weighted by atomic mass is 10.1. The standard InChI is InChI=1S/C21H18Cl2N4O4S/c1-31-17-10-14(23)9-16(21(29)26-18-8-5-13(22)11-25-18)19(17)27-20(28)12-3-6-15(7-4-12)32(2,24)30/h3-11,24H,1-2H3,(H,27,28)(H,25,26,29).